The average Bonchev–Trinajstić information content (AvgIpc) is 3.34. The van der Waals surface area contributed by atoms with Gasteiger partial charge in [0.15, 0.2) is 0 Å². The second kappa shape index (κ2) is 9.99. The van der Waals surface area contributed by atoms with Crippen LogP contribution < -0.4 is 0 Å². The van der Waals surface area contributed by atoms with Crippen LogP contribution in [-0.4, -0.2) is 48.1 Å². The van der Waals surface area contributed by atoms with E-state index in [9.17, 15) is 28.6 Å². The van der Waals surface area contributed by atoms with Crippen LogP contribution in [0.2, 0.25) is 0 Å². The van der Waals surface area contributed by atoms with E-state index in [0.29, 0.717) is 0 Å². The summed E-state index contributed by atoms with van der Waals surface area (Å²) in [6, 6.07) is 17.4. The van der Waals surface area contributed by atoms with Crippen molar-refractivity contribution in [3.05, 3.63) is 60.8 Å². The van der Waals surface area contributed by atoms with Gasteiger partial charge in [-0.1, -0.05) is 36.4 Å². The van der Waals surface area contributed by atoms with Crippen molar-refractivity contribution >= 4 is 34.4 Å². The molecule has 35 heavy (non-hydrogen) atoms. The summed E-state index contributed by atoms with van der Waals surface area (Å²) in [6.07, 6.45) is -1.42. The van der Waals surface area contributed by atoms with E-state index in [-0.39, 0.29) is 6.42 Å². The predicted octanol–water partition coefficient (Wildman–Crippen LogP) is 3.30. The second-order valence-electron chi connectivity index (χ2n) is 7.64. The Morgan fingerprint density at radius 2 is 1.63 bits per heavy atom. The van der Waals surface area contributed by atoms with Crippen LogP contribution in [0.4, 0.5) is 0 Å². The number of hydrogen-bond acceptors (Lipinski definition) is 8. The molecule has 5 atom stereocenters. The van der Waals surface area contributed by atoms with Gasteiger partial charge in [0.1, 0.15) is 18.4 Å². The molecule has 0 bridgehead atoms. The fraction of sp³-hybridized carbons (Fsp3) is 0.263. The maximum atomic E-state index is 12.2. The maximum absolute atomic E-state index is 12.2. The highest BCUT2D eigenvalue weighted by Crippen LogP contribution is 2.67. The largest absolute Gasteiger partial charge is 0.490 e. The first-order valence-electron chi connectivity index (χ1n) is 10.1. The van der Waals surface area contributed by atoms with Crippen LogP contribution in [0.5, 0.6) is 0 Å². The van der Waals surface area contributed by atoms with E-state index >= 15 is 0 Å². The Morgan fingerprint density at radius 1 is 0.914 bits per heavy atom. The standard InChI is InChI=1S/C19H22NO12P3/c21-12-18-17(30-34(25,26)32-35(27,28)31-33(22,23)24)11-19(29-18)20-9-8-15-10-14(6-7-16(15)20)13-4-2-1-3-5-13/h1-10,17-19,21H,11-12H2,(H,25,26)(H,27,28)(H2,22,23,24)/t17-,18+,19-/m0/s1. The van der Waals surface area contributed by atoms with Gasteiger partial charge in [-0.05, 0) is 29.3 Å². The molecule has 1 aliphatic rings. The van der Waals surface area contributed by atoms with Crippen molar-refractivity contribution in [2.45, 2.75) is 24.9 Å². The Morgan fingerprint density at radius 3 is 2.29 bits per heavy atom. The quantitative estimate of drug-likeness (QED) is 0.245. The highest BCUT2D eigenvalue weighted by molar-refractivity contribution is 7.66. The topological polar surface area (TPSA) is 194 Å². The monoisotopic (exact) mass is 549 g/mol. The fourth-order valence-electron chi connectivity index (χ4n) is 3.84. The molecular formula is C19H22NO12P3. The fourth-order valence-corrected chi connectivity index (χ4v) is 7.07. The molecule has 1 fully saturated rings. The summed E-state index contributed by atoms with van der Waals surface area (Å²) in [4.78, 5) is 36.4. The number of phosphoric acid groups is 3. The van der Waals surface area contributed by atoms with Crippen LogP contribution in [0.1, 0.15) is 12.6 Å². The molecule has 2 unspecified atom stereocenters. The Balaban J connectivity index is 1.51. The minimum absolute atomic E-state index is 0.0571. The summed E-state index contributed by atoms with van der Waals surface area (Å²) in [7, 11) is -16.5. The summed E-state index contributed by atoms with van der Waals surface area (Å²) in [5, 5.41) is 10.5. The van der Waals surface area contributed by atoms with Crippen molar-refractivity contribution < 1.29 is 56.3 Å². The van der Waals surface area contributed by atoms with E-state index in [1.54, 1.807) is 10.8 Å². The summed E-state index contributed by atoms with van der Waals surface area (Å²) in [5.74, 6) is 0. The van der Waals surface area contributed by atoms with E-state index < -0.39 is 48.5 Å². The van der Waals surface area contributed by atoms with Gasteiger partial charge in [-0.25, -0.2) is 13.7 Å². The molecule has 0 amide bonds. The van der Waals surface area contributed by atoms with Gasteiger partial charge >= 0.3 is 23.5 Å². The first-order valence-corrected chi connectivity index (χ1v) is 14.6. The molecular weight excluding hydrogens is 527 g/mol. The maximum Gasteiger partial charge on any atom is 0.490 e. The number of benzene rings is 2. The van der Waals surface area contributed by atoms with Gasteiger partial charge in [-0.15, -0.1) is 0 Å². The van der Waals surface area contributed by atoms with Crippen LogP contribution in [-0.2, 0) is 31.6 Å². The van der Waals surface area contributed by atoms with Crippen molar-refractivity contribution in [2.24, 2.45) is 0 Å². The van der Waals surface area contributed by atoms with Gasteiger partial charge < -0.3 is 34.0 Å². The minimum Gasteiger partial charge on any atom is -0.394 e. The molecule has 0 spiro atoms. The zero-order valence-corrected chi connectivity index (χ0v) is 20.5. The van der Waals surface area contributed by atoms with Crippen LogP contribution in [0.15, 0.2) is 60.8 Å². The highest BCUT2D eigenvalue weighted by Gasteiger charge is 2.46. The SMILES string of the molecule is O=P(O)(O)OP(=O)(O)OP(=O)(O)O[C@H]1C[C@@H](n2ccc3cc(-c4ccccc4)ccc32)O[C@@H]1CO. The minimum atomic E-state index is -5.66. The third kappa shape index (κ3) is 6.55. The molecule has 2 aromatic carbocycles. The molecule has 2 heterocycles. The third-order valence-corrected chi connectivity index (χ3v) is 9.05. The van der Waals surface area contributed by atoms with Gasteiger partial charge in [0, 0.05) is 18.0 Å². The molecule has 190 valence electrons. The Labute approximate surface area is 198 Å². The normalized spacial score (nSPS) is 24.3. The summed E-state index contributed by atoms with van der Waals surface area (Å²) >= 11 is 0. The van der Waals surface area contributed by atoms with Gasteiger partial charge in [0.25, 0.3) is 0 Å². The molecule has 0 radical (unpaired) electrons. The number of hydrogen-bond donors (Lipinski definition) is 5. The van der Waals surface area contributed by atoms with Gasteiger partial charge in [-0.2, -0.15) is 8.62 Å². The van der Waals surface area contributed by atoms with Crippen molar-refractivity contribution in [3.63, 3.8) is 0 Å². The van der Waals surface area contributed by atoms with E-state index in [1.807, 2.05) is 54.6 Å². The highest BCUT2D eigenvalue weighted by atomic mass is 31.3. The molecule has 0 aliphatic carbocycles. The molecule has 5 N–H and O–H groups in total. The Bertz CT molecular complexity index is 1340. The van der Waals surface area contributed by atoms with Crippen molar-refractivity contribution in [2.75, 3.05) is 6.61 Å². The van der Waals surface area contributed by atoms with Crippen LogP contribution in [0.3, 0.4) is 0 Å². The summed E-state index contributed by atoms with van der Waals surface area (Å²) < 4.78 is 54.4. The number of nitrogens with zero attached hydrogens (tertiary/aromatic N) is 1. The smallest absolute Gasteiger partial charge is 0.394 e. The average molecular weight is 549 g/mol. The van der Waals surface area contributed by atoms with E-state index in [4.69, 9.17) is 19.0 Å². The van der Waals surface area contributed by atoms with Crippen molar-refractivity contribution in [1.29, 1.82) is 0 Å². The molecule has 0 saturated carbocycles. The molecule has 16 heteroatoms. The molecule has 1 aliphatic heterocycles. The number of fused-ring (bicyclic) bond motifs is 1. The Kier molecular flexibility index (Phi) is 7.53. The Hall–Kier alpha value is -1.69. The molecule has 4 rings (SSSR count). The van der Waals surface area contributed by atoms with Crippen molar-refractivity contribution in [3.8, 4) is 11.1 Å². The lowest BCUT2D eigenvalue weighted by molar-refractivity contribution is -0.0421. The molecule has 1 saturated heterocycles. The number of aromatic nitrogens is 1. The van der Waals surface area contributed by atoms with Gasteiger partial charge in [-0.3, -0.25) is 4.52 Å². The zero-order valence-electron chi connectivity index (χ0n) is 17.8. The van der Waals surface area contributed by atoms with Gasteiger partial charge in [0.05, 0.1) is 12.1 Å². The lowest BCUT2D eigenvalue weighted by atomic mass is 10.0. The number of aliphatic hydroxyl groups excluding tert-OH is 1. The number of phosphoric ester groups is 1. The first kappa shape index (κ1) is 26.4. The van der Waals surface area contributed by atoms with Gasteiger partial charge in [0.2, 0.25) is 0 Å². The third-order valence-electron chi connectivity index (χ3n) is 5.18. The lowest BCUT2D eigenvalue weighted by Gasteiger charge is -2.21. The molecule has 13 nitrogen and oxygen atoms in total. The summed E-state index contributed by atoms with van der Waals surface area (Å²) in [6.45, 7) is -0.617. The number of ether oxygens (including phenoxy) is 1. The van der Waals surface area contributed by atoms with Crippen LogP contribution in [0, 0.1) is 0 Å². The zero-order chi connectivity index (χ0) is 25.4. The predicted molar refractivity (Wildman–Crippen MR) is 122 cm³/mol. The number of rotatable bonds is 9. The van der Waals surface area contributed by atoms with E-state index in [0.717, 1.165) is 22.0 Å². The van der Waals surface area contributed by atoms with Crippen molar-refractivity contribution in [1.82, 2.24) is 4.57 Å². The number of aliphatic hydroxyl groups is 1. The van der Waals surface area contributed by atoms with Crippen LogP contribution >= 0.6 is 23.5 Å². The lowest BCUT2D eigenvalue weighted by Crippen LogP contribution is -2.27. The second-order valence-corrected chi connectivity index (χ2v) is 12.0. The van der Waals surface area contributed by atoms with E-state index in [1.165, 1.54) is 0 Å². The van der Waals surface area contributed by atoms with E-state index in [2.05, 4.69) is 8.62 Å². The molecule has 1 aromatic heterocycles. The summed E-state index contributed by atoms with van der Waals surface area (Å²) in [5.41, 5.74) is 2.82. The molecule has 3 aromatic rings. The first-order chi connectivity index (χ1) is 16.4. The van der Waals surface area contributed by atoms with Crippen LogP contribution in [0.25, 0.3) is 22.0 Å².